The lowest BCUT2D eigenvalue weighted by Crippen LogP contribution is -2.07. The van der Waals surface area contributed by atoms with E-state index in [1.165, 1.54) is 4.80 Å². The zero-order valence-corrected chi connectivity index (χ0v) is 10.8. The highest BCUT2D eigenvalue weighted by Crippen LogP contribution is 2.13. The van der Waals surface area contributed by atoms with Crippen LogP contribution in [0.5, 0.6) is 5.75 Å². The first-order chi connectivity index (χ1) is 9.74. The molecule has 0 saturated carbocycles. The average molecular weight is 272 g/mol. The number of nitrogens with zero attached hydrogens (tertiary/aromatic N) is 4. The van der Waals surface area contributed by atoms with Crippen LogP contribution in [0.25, 0.3) is 5.69 Å². The Balaban J connectivity index is 2.12. The Morgan fingerprint density at radius 1 is 1.40 bits per heavy atom. The summed E-state index contributed by atoms with van der Waals surface area (Å²) >= 11 is 0. The van der Waals surface area contributed by atoms with Crippen molar-refractivity contribution in [2.45, 2.75) is 6.92 Å². The average Bonchev–Trinajstić information content (AvgIpc) is 2.96. The minimum atomic E-state index is -0.604. The lowest BCUT2D eigenvalue weighted by atomic mass is 10.3. The van der Waals surface area contributed by atoms with E-state index in [4.69, 9.17) is 15.9 Å². The van der Waals surface area contributed by atoms with Crippen LogP contribution >= 0.6 is 0 Å². The van der Waals surface area contributed by atoms with Crippen molar-refractivity contribution < 1.29 is 14.3 Å². The molecule has 1 aromatic carbocycles. The number of benzene rings is 1. The van der Waals surface area contributed by atoms with Crippen LogP contribution in [0.3, 0.4) is 0 Å². The highest BCUT2D eigenvalue weighted by Gasteiger charge is 2.14. The van der Waals surface area contributed by atoms with Crippen molar-refractivity contribution in [1.29, 1.82) is 0 Å². The van der Waals surface area contributed by atoms with Gasteiger partial charge in [-0.1, -0.05) is 5.92 Å². The Morgan fingerprint density at radius 2 is 2.15 bits per heavy atom. The molecular weight excluding hydrogens is 260 g/mol. The second-order valence-corrected chi connectivity index (χ2v) is 3.61. The quantitative estimate of drug-likeness (QED) is 0.593. The van der Waals surface area contributed by atoms with E-state index in [-0.39, 0.29) is 19.0 Å². The van der Waals surface area contributed by atoms with Crippen LogP contribution in [0.1, 0.15) is 17.5 Å². The number of carbonyl (C=O) groups excluding carboxylic acids is 1. The fourth-order valence-electron chi connectivity index (χ4n) is 1.40. The Morgan fingerprint density at radius 3 is 2.80 bits per heavy atom. The molecule has 1 aromatic heterocycles. The molecule has 0 spiro atoms. The highest BCUT2D eigenvalue weighted by molar-refractivity contribution is 5.84. The first-order valence-electron chi connectivity index (χ1n) is 5.88. The number of hydrogen-bond acceptors (Lipinski definition) is 6. The molecule has 2 aromatic rings. The topological polar surface area (TPSA) is 79.1 Å². The summed E-state index contributed by atoms with van der Waals surface area (Å²) in [7, 11) is 0. The van der Waals surface area contributed by atoms with Gasteiger partial charge in [-0.2, -0.15) is 0 Å². The van der Waals surface area contributed by atoms with Crippen LogP contribution in [0, 0.1) is 12.3 Å². The lowest BCUT2D eigenvalue weighted by Gasteiger charge is -2.02. The van der Waals surface area contributed by atoms with Gasteiger partial charge in [-0.15, -0.1) is 21.4 Å². The largest absolute Gasteiger partial charge is 0.481 e. The second kappa shape index (κ2) is 6.33. The summed E-state index contributed by atoms with van der Waals surface area (Å²) in [6.45, 7) is 2.17. The van der Waals surface area contributed by atoms with Crippen molar-refractivity contribution in [3.63, 3.8) is 0 Å². The van der Waals surface area contributed by atoms with E-state index in [0.29, 0.717) is 11.4 Å². The molecule has 0 aliphatic carbocycles. The van der Waals surface area contributed by atoms with E-state index in [1.54, 1.807) is 31.2 Å². The SMILES string of the molecule is C#CCOc1ccc(-n2nnc(C(=O)OCC)n2)cc1. The van der Waals surface area contributed by atoms with Crippen LogP contribution in [0.2, 0.25) is 0 Å². The predicted octanol–water partition coefficient (Wildman–Crippen LogP) is 0.851. The number of terminal acetylenes is 1. The van der Waals surface area contributed by atoms with Crippen LogP contribution in [-0.2, 0) is 4.74 Å². The van der Waals surface area contributed by atoms with Gasteiger partial charge in [0.15, 0.2) is 0 Å². The van der Waals surface area contributed by atoms with Crippen LogP contribution in [0.15, 0.2) is 24.3 Å². The standard InChI is InChI=1S/C13H12N4O3/c1-3-9-20-11-7-5-10(6-8-11)17-15-12(14-16-17)13(18)19-4-2/h1,5-8H,4,9H2,2H3. The Kier molecular flexibility index (Phi) is 4.29. The molecule has 2 rings (SSSR count). The maximum absolute atomic E-state index is 11.4. The first-order valence-corrected chi connectivity index (χ1v) is 5.88. The molecule has 0 bridgehead atoms. The summed E-state index contributed by atoms with van der Waals surface area (Å²) in [5.41, 5.74) is 0.640. The molecule has 0 aliphatic heterocycles. The zero-order valence-electron chi connectivity index (χ0n) is 10.8. The Hall–Kier alpha value is -2.88. The fourth-order valence-corrected chi connectivity index (χ4v) is 1.40. The molecule has 0 saturated heterocycles. The van der Waals surface area contributed by atoms with Crippen molar-refractivity contribution in [3.8, 4) is 23.8 Å². The number of ether oxygens (including phenoxy) is 2. The van der Waals surface area contributed by atoms with E-state index in [9.17, 15) is 4.79 Å². The van der Waals surface area contributed by atoms with Gasteiger partial charge >= 0.3 is 5.97 Å². The predicted molar refractivity (Wildman–Crippen MR) is 69.4 cm³/mol. The molecule has 0 unspecified atom stereocenters. The number of tetrazole rings is 1. The number of esters is 1. The van der Waals surface area contributed by atoms with Crippen LogP contribution < -0.4 is 4.74 Å². The summed E-state index contributed by atoms with van der Waals surface area (Å²) in [5.74, 6) is 2.33. The number of aromatic nitrogens is 4. The number of carbonyl (C=O) groups is 1. The minimum Gasteiger partial charge on any atom is -0.481 e. The summed E-state index contributed by atoms with van der Waals surface area (Å²) in [5, 5.41) is 11.4. The molecule has 20 heavy (non-hydrogen) atoms. The van der Waals surface area contributed by atoms with Crippen molar-refractivity contribution >= 4 is 5.97 Å². The maximum atomic E-state index is 11.4. The van der Waals surface area contributed by atoms with Crippen LogP contribution in [-0.4, -0.2) is 39.4 Å². The third kappa shape index (κ3) is 3.11. The van der Waals surface area contributed by atoms with E-state index in [2.05, 4.69) is 21.3 Å². The smallest absolute Gasteiger partial charge is 0.380 e. The first kappa shape index (κ1) is 13.5. The van der Waals surface area contributed by atoms with Crippen LogP contribution in [0.4, 0.5) is 0 Å². The van der Waals surface area contributed by atoms with E-state index < -0.39 is 5.97 Å². The fraction of sp³-hybridized carbons (Fsp3) is 0.231. The van der Waals surface area contributed by atoms with Gasteiger partial charge in [0.2, 0.25) is 0 Å². The van der Waals surface area contributed by atoms with E-state index in [1.807, 2.05) is 0 Å². The molecule has 7 nitrogen and oxygen atoms in total. The third-order valence-electron chi connectivity index (χ3n) is 2.26. The van der Waals surface area contributed by atoms with Gasteiger partial charge in [0.25, 0.3) is 5.82 Å². The highest BCUT2D eigenvalue weighted by atomic mass is 16.5. The van der Waals surface area contributed by atoms with Gasteiger partial charge in [-0.05, 0) is 36.4 Å². The molecule has 0 N–H and O–H groups in total. The Bertz CT molecular complexity index is 628. The van der Waals surface area contributed by atoms with Crippen molar-refractivity contribution in [2.24, 2.45) is 0 Å². The molecule has 0 radical (unpaired) electrons. The van der Waals surface area contributed by atoms with Gasteiger partial charge in [0.05, 0.1) is 12.3 Å². The van der Waals surface area contributed by atoms with Gasteiger partial charge < -0.3 is 9.47 Å². The summed E-state index contributed by atoms with van der Waals surface area (Å²) < 4.78 is 10.0. The number of rotatable bonds is 5. The zero-order chi connectivity index (χ0) is 14.4. The molecule has 0 aliphatic rings. The number of hydrogen-bond donors (Lipinski definition) is 0. The van der Waals surface area contributed by atoms with Gasteiger partial charge in [-0.3, -0.25) is 0 Å². The maximum Gasteiger partial charge on any atom is 0.380 e. The molecular formula is C13H12N4O3. The molecule has 0 atom stereocenters. The lowest BCUT2D eigenvalue weighted by molar-refractivity contribution is 0.0512. The van der Waals surface area contributed by atoms with Gasteiger partial charge in [-0.25, -0.2) is 4.79 Å². The Labute approximate surface area is 115 Å². The third-order valence-corrected chi connectivity index (χ3v) is 2.26. The van der Waals surface area contributed by atoms with Crippen molar-refractivity contribution in [3.05, 3.63) is 30.1 Å². The van der Waals surface area contributed by atoms with Crippen molar-refractivity contribution in [2.75, 3.05) is 13.2 Å². The molecule has 102 valence electrons. The van der Waals surface area contributed by atoms with Gasteiger partial charge in [0, 0.05) is 0 Å². The van der Waals surface area contributed by atoms with Gasteiger partial charge in [0.1, 0.15) is 12.4 Å². The van der Waals surface area contributed by atoms with E-state index >= 15 is 0 Å². The minimum absolute atomic E-state index is 0.0838. The summed E-state index contributed by atoms with van der Waals surface area (Å²) in [6, 6.07) is 6.89. The second-order valence-electron chi connectivity index (χ2n) is 3.61. The normalized spacial score (nSPS) is 9.80. The molecule has 1 heterocycles. The van der Waals surface area contributed by atoms with E-state index in [0.717, 1.165) is 0 Å². The van der Waals surface area contributed by atoms with Crippen molar-refractivity contribution in [1.82, 2.24) is 20.2 Å². The summed E-state index contributed by atoms with van der Waals surface area (Å²) in [6.07, 6.45) is 5.10. The molecule has 7 heteroatoms. The summed E-state index contributed by atoms with van der Waals surface area (Å²) in [4.78, 5) is 12.7. The monoisotopic (exact) mass is 272 g/mol. The molecule has 0 fully saturated rings. The molecule has 0 amide bonds.